The Morgan fingerprint density at radius 2 is 2.04 bits per heavy atom. The standard InChI is InChI=1S/C14H20F3N3O2.HI/c1-18-14(19-7-4-8-21-2)20-9-10-11(15)5-3-6-12(10)22-13(16)17;/h3,5-6,13H,4,7-9H2,1-2H3,(H2,18,19,20);1H. The van der Waals surface area contributed by atoms with E-state index in [0.717, 1.165) is 6.42 Å². The minimum atomic E-state index is -3.01. The average molecular weight is 447 g/mol. The lowest BCUT2D eigenvalue weighted by Gasteiger charge is -2.15. The summed E-state index contributed by atoms with van der Waals surface area (Å²) in [7, 11) is 3.17. The predicted octanol–water partition coefficient (Wildman–Crippen LogP) is 2.75. The number of hydrogen-bond acceptors (Lipinski definition) is 3. The number of hydrogen-bond donors (Lipinski definition) is 2. The van der Waals surface area contributed by atoms with Crippen molar-refractivity contribution in [3.63, 3.8) is 0 Å². The zero-order valence-corrected chi connectivity index (χ0v) is 15.3. The molecule has 23 heavy (non-hydrogen) atoms. The minimum absolute atomic E-state index is 0. The molecule has 0 saturated heterocycles. The Morgan fingerprint density at radius 3 is 2.65 bits per heavy atom. The molecule has 0 aliphatic rings. The number of nitrogens with one attached hydrogen (secondary N) is 2. The van der Waals surface area contributed by atoms with Crippen LogP contribution in [0.3, 0.4) is 0 Å². The second-order valence-electron chi connectivity index (χ2n) is 4.29. The summed E-state index contributed by atoms with van der Waals surface area (Å²) in [5.74, 6) is -0.389. The van der Waals surface area contributed by atoms with Crippen LogP contribution in [0.25, 0.3) is 0 Å². The molecule has 0 aliphatic carbocycles. The van der Waals surface area contributed by atoms with Gasteiger partial charge in [-0.05, 0) is 18.6 Å². The van der Waals surface area contributed by atoms with Crippen molar-refractivity contribution >= 4 is 29.9 Å². The van der Waals surface area contributed by atoms with Crippen LogP contribution in [0.5, 0.6) is 5.75 Å². The van der Waals surface area contributed by atoms with Crippen LogP contribution in [0.2, 0.25) is 0 Å². The van der Waals surface area contributed by atoms with E-state index in [2.05, 4.69) is 20.4 Å². The van der Waals surface area contributed by atoms with Gasteiger partial charge in [0, 0.05) is 39.4 Å². The van der Waals surface area contributed by atoms with E-state index in [1.165, 1.54) is 18.2 Å². The van der Waals surface area contributed by atoms with Crippen molar-refractivity contribution in [1.82, 2.24) is 10.6 Å². The Labute approximate surface area is 150 Å². The molecule has 1 rings (SSSR count). The van der Waals surface area contributed by atoms with E-state index >= 15 is 0 Å². The summed E-state index contributed by atoms with van der Waals surface area (Å²) >= 11 is 0. The number of halogens is 4. The fraction of sp³-hybridized carbons (Fsp3) is 0.500. The van der Waals surface area contributed by atoms with Crippen LogP contribution in [-0.4, -0.2) is 39.9 Å². The summed E-state index contributed by atoms with van der Waals surface area (Å²) in [5, 5.41) is 5.85. The molecule has 0 bridgehead atoms. The van der Waals surface area contributed by atoms with Crippen LogP contribution in [-0.2, 0) is 11.3 Å². The molecule has 1 aromatic carbocycles. The van der Waals surface area contributed by atoms with Gasteiger partial charge in [-0.3, -0.25) is 4.99 Å². The van der Waals surface area contributed by atoms with Crippen LogP contribution in [0.15, 0.2) is 23.2 Å². The fourth-order valence-electron chi connectivity index (χ4n) is 1.73. The molecular weight excluding hydrogens is 426 g/mol. The molecule has 0 atom stereocenters. The first-order valence-corrected chi connectivity index (χ1v) is 6.74. The maximum atomic E-state index is 13.8. The summed E-state index contributed by atoms with van der Waals surface area (Å²) in [4.78, 5) is 3.96. The average Bonchev–Trinajstić information content (AvgIpc) is 2.48. The number of rotatable bonds is 8. The first kappa shape index (κ1) is 21.8. The Balaban J connectivity index is 0.00000484. The molecule has 0 spiro atoms. The van der Waals surface area contributed by atoms with Gasteiger partial charge in [-0.1, -0.05) is 6.07 Å². The van der Waals surface area contributed by atoms with E-state index in [1.807, 2.05) is 0 Å². The van der Waals surface area contributed by atoms with Gasteiger partial charge in [0.2, 0.25) is 0 Å². The number of alkyl halides is 2. The SMILES string of the molecule is CN=C(NCCCOC)NCc1c(F)cccc1OC(F)F.I. The normalized spacial score (nSPS) is 11.1. The highest BCUT2D eigenvalue weighted by atomic mass is 127. The molecule has 0 aliphatic heterocycles. The number of benzene rings is 1. The highest BCUT2D eigenvalue weighted by Crippen LogP contribution is 2.23. The van der Waals surface area contributed by atoms with Crippen LogP contribution < -0.4 is 15.4 Å². The molecule has 0 heterocycles. The molecule has 2 N–H and O–H groups in total. The smallest absolute Gasteiger partial charge is 0.387 e. The van der Waals surface area contributed by atoms with Crippen LogP contribution in [0.4, 0.5) is 13.2 Å². The summed E-state index contributed by atoms with van der Waals surface area (Å²) in [5.41, 5.74) is 0.0163. The molecule has 5 nitrogen and oxygen atoms in total. The molecule has 0 saturated carbocycles. The monoisotopic (exact) mass is 447 g/mol. The van der Waals surface area contributed by atoms with Gasteiger partial charge in [-0.15, -0.1) is 24.0 Å². The zero-order valence-electron chi connectivity index (χ0n) is 12.9. The number of methoxy groups -OCH3 is 1. The van der Waals surface area contributed by atoms with Crippen LogP contribution >= 0.6 is 24.0 Å². The van der Waals surface area contributed by atoms with E-state index in [4.69, 9.17) is 4.74 Å². The van der Waals surface area contributed by atoms with Gasteiger partial charge in [0.1, 0.15) is 11.6 Å². The van der Waals surface area contributed by atoms with Gasteiger partial charge in [0.25, 0.3) is 0 Å². The molecule has 0 fully saturated rings. The van der Waals surface area contributed by atoms with Gasteiger partial charge in [0.05, 0.1) is 0 Å². The quantitative estimate of drug-likeness (QED) is 0.279. The van der Waals surface area contributed by atoms with E-state index in [9.17, 15) is 13.2 Å². The first-order valence-electron chi connectivity index (χ1n) is 6.74. The van der Waals surface area contributed by atoms with E-state index in [-0.39, 0.29) is 41.8 Å². The molecular formula is C14H21F3IN3O2. The lowest BCUT2D eigenvalue weighted by Crippen LogP contribution is -2.37. The number of aliphatic imine (C=N–C) groups is 1. The molecule has 132 valence electrons. The van der Waals surface area contributed by atoms with Crippen LogP contribution in [0.1, 0.15) is 12.0 Å². The molecule has 0 unspecified atom stereocenters. The van der Waals surface area contributed by atoms with Crippen molar-refractivity contribution in [2.45, 2.75) is 19.6 Å². The van der Waals surface area contributed by atoms with Crippen molar-refractivity contribution in [3.05, 3.63) is 29.6 Å². The summed E-state index contributed by atoms with van der Waals surface area (Å²) in [6.45, 7) is -1.82. The zero-order chi connectivity index (χ0) is 16.4. The third-order valence-electron chi connectivity index (χ3n) is 2.77. The van der Waals surface area contributed by atoms with Gasteiger partial charge < -0.3 is 20.1 Å². The third kappa shape index (κ3) is 8.26. The lowest BCUT2D eigenvalue weighted by atomic mass is 10.2. The number of guanidine groups is 1. The lowest BCUT2D eigenvalue weighted by molar-refractivity contribution is -0.0506. The van der Waals surface area contributed by atoms with Gasteiger partial charge in [0.15, 0.2) is 5.96 Å². The van der Waals surface area contributed by atoms with Crippen LogP contribution in [0, 0.1) is 5.82 Å². The van der Waals surface area contributed by atoms with E-state index in [1.54, 1.807) is 14.2 Å². The second-order valence-corrected chi connectivity index (χ2v) is 4.29. The molecule has 1 aromatic rings. The summed E-state index contributed by atoms with van der Waals surface area (Å²) in [6, 6.07) is 3.79. The molecule has 0 amide bonds. The van der Waals surface area contributed by atoms with Crippen molar-refractivity contribution in [1.29, 1.82) is 0 Å². The van der Waals surface area contributed by atoms with Crippen molar-refractivity contribution in [2.24, 2.45) is 4.99 Å². The fourth-order valence-corrected chi connectivity index (χ4v) is 1.73. The van der Waals surface area contributed by atoms with Gasteiger partial charge >= 0.3 is 6.61 Å². The first-order chi connectivity index (χ1) is 10.6. The van der Waals surface area contributed by atoms with Gasteiger partial charge in [-0.25, -0.2) is 4.39 Å². The van der Waals surface area contributed by atoms with Crippen molar-refractivity contribution in [2.75, 3.05) is 27.3 Å². The Hall–Kier alpha value is -1.23. The van der Waals surface area contributed by atoms with Gasteiger partial charge in [-0.2, -0.15) is 8.78 Å². The molecule has 0 radical (unpaired) electrons. The molecule has 9 heteroatoms. The Kier molecular flexibility index (Phi) is 11.6. The van der Waals surface area contributed by atoms with E-state index < -0.39 is 12.4 Å². The topological polar surface area (TPSA) is 54.9 Å². The maximum absolute atomic E-state index is 13.8. The predicted molar refractivity (Wildman–Crippen MR) is 93.1 cm³/mol. The second kappa shape index (κ2) is 12.2. The maximum Gasteiger partial charge on any atom is 0.387 e. The summed E-state index contributed by atoms with van der Waals surface area (Å²) < 4.78 is 47.6. The summed E-state index contributed by atoms with van der Waals surface area (Å²) in [6.07, 6.45) is 0.774. The molecule has 0 aromatic heterocycles. The Morgan fingerprint density at radius 1 is 1.30 bits per heavy atom. The largest absolute Gasteiger partial charge is 0.434 e. The highest BCUT2D eigenvalue weighted by molar-refractivity contribution is 14.0. The van der Waals surface area contributed by atoms with Crippen molar-refractivity contribution in [3.8, 4) is 5.75 Å². The number of ether oxygens (including phenoxy) is 2. The minimum Gasteiger partial charge on any atom is -0.434 e. The number of nitrogens with zero attached hydrogens (tertiary/aromatic N) is 1. The Bertz CT molecular complexity index is 490. The highest BCUT2D eigenvalue weighted by Gasteiger charge is 2.14. The van der Waals surface area contributed by atoms with Crippen molar-refractivity contribution < 1.29 is 22.6 Å². The van der Waals surface area contributed by atoms with E-state index in [0.29, 0.717) is 19.1 Å². The third-order valence-corrected chi connectivity index (χ3v) is 2.77.